The van der Waals surface area contributed by atoms with Crippen molar-refractivity contribution in [1.82, 2.24) is 0 Å². The third-order valence-corrected chi connectivity index (χ3v) is 2.53. The standard InChI is InChI=1S/C11H16BrNO2/c1-8(14)4-5-15-11-3-2-10(12)6-9(11)7-13/h2-3,6,8,14H,4-5,7,13H2,1H3. The van der Waals surface area contributed by atoms with Crippen LogP contribution in [0.5, 0.6) is 5.75 Å². The maximum atomic E-state index is 9.09. The lowest BCUT2D eigenvalue weighted by Crippen LogP contribution is -2.09. The van der Waals surface area contributed by atoms with Crippen molar-refractivity contribution in [3.63, 3.8) is 0 Å². The quantitative estimate of drug-likeness (QED) is 0.864. The predicted molar refractivity (Wildman–Crippen MR) is 63.8 cm³/mol. The Labute approximate surface area is 98.4 Å². The predicted octanol–water partition coefficient (Wildman–Crippen LogP) is 2.06. The maximum Gasteiger partial charge on any atom is 0.123 e. The van der Waals surface area contributed by atoms with Crippen LogP contribution in [0.1, 0.15) is 18.9 Å². The third kappa shape index (κ3) is 4.20. The minimum Gasteiger partial charge on any atom is -0.493 e. The monoisotopic (exact) mass is 273 g/mol. The number of aliphatic hydroxyl groups excluding tert-OH is 1. The van der Waals surface area contributed by atoms with Crippen LogP contribution >= 0.6 is 15.9 Å². The molecule has 3 N–H and O–H groups in total. The van der Waals surface area contributed by atoms with E-state index in [-0.39, 0.29) is 6.10 Å². The zero-order valence-corrected chi connectivity index (χ0v) is 10.3. The molecule has 84 valence electrons. The van der Waals surface area contributed by atoms with Gasteiger partial charge < -0.3 is 15.6 Å². The summed E-state index contributed by atoms with van der Waals surface area (Å²) in [5.41, 5.74) is 6.57. The normalized spacial score (nSPS) is 12.5. The largest absolute Gasteiger partial charge is 0.493 e. The van der Waals surface area contributed by atoms with Gasteiger partial charge in [-0.2, -0.15) is 0 Å². The lowest BCUT2D eigenvalue weighted by atomic mass is 10.2. The van der Waals surface area contributed by atoms with Gasteiger partial charge in [0, 0.05) is 23.0 Å². The Morgan fingerprint density at radius 3 is 2.87 bits per heavy atom. The molecule has 1 rings (SSSR count). The summed E-state index contributed by atoms with van der Waals surface area (Å²) in [5, 5.41) is 9.09. The highest BCUT2D eigenvalue weighted by atomic mass is 79.9. The van der Waals surface area contributed by atoms with Gasteiger partial charge in [-0.3, -0.25) is 0 Å². The number of rotatable bonds is 5. The Hall–Kier alpha value is -0.580. The number of nitrogens with two attached hydrogens (primary N) is 1. The number of aliphatic hydroxyl groups is 1. The first-order chi connectivity index (χ1) is 7.13. The molecule has 0 heterocycles. The summed E-state index contributed by atoms with van der Waals surface area (Å²) < 4.78 is 6.52. The second-order valence-electron chi connectivity index (χ2n) is 3.44. The molecule has 0 aliphatic heterocycles. The van der Waals surface area contributed by atoms with Crippen LogP contribution in [0.15, 0.2) is 22.7 Å². The van der Waals surface area contributed by atoms with Crippen molar-refractivity contribution in [2.24, 2.45) is 5.73 Å². The Morgan fingerprint density at radius 2 is 2.27 bits per heavy atom. The van der Waals surface area contributed by atoms with E-state index < -0.39 is 0 Å². The van der Waals surface area contributed by atoms with Gasteiger partial charge in [0.15, 0.2) is 0 Å². The molecular weight excluding hydrogens is 258 g/mol. The van der Waals surface area contributed by atoms with E-state index in [4.69, 9.17) is 15.6 Å². The molecule has 1 aromatic rings. The Balaban J connectivity index is 2.60. The van der Waals surface area contributed by atoms with Crippen molar-refractivity contribution in [2.75, 3.05) is 6.61 Å². The van der Waals surface area contributed by atoms with Crippen LogP contribution in [0.2, 0.25) is 0 Å². The van der Waals surface area contributed by atoms with Crippen LogP contribution in [0, 0.1) is 0 Å². The van der Waals surface area contributed by atoms with Crippen molar-refractivity contribution >= 4 is 15.9 Å². The van der Waals surface area contributed by atoms with Gasteiger partial charge in [-0.05, 0) is 25.1 Å². The molecule has 0 radical (unpaired) electrons. The molecule has 0 aromatic heterocycles. The van der Waals surface area contributed by atoms with Crippen molar-refractivity contribution in [3.05, 3.63) is 28.2 Å². The smallest absolute Gasteiger partial charge is 0.123 e. The molecule has 0 fully saturated rings. The van der Waals surface area contributed by atoms with Gasteiger partial charge in [0.2, 0.25) is 0 Å². The zero-order chi connectivity index (χ0) is 11.3. The van der Waals surface area contributed by atoms with Crippen LogP contribution in [0.25, 0.3) is 0 Å². The van der Waals surface area contributed by atoms with Gasteiger partial charge in [0.1, 0.15) is 5.75 Å². The number of ether oxygens (including phenoxy) is 1. The van der Waals surface area contributed by atoms with Crippen molar-refractivity contribution in [3.8, 4) is 5.75 Å². The number of benzene rings is 1. The highest BCUT2D eigenvalue weighted by Gasteiger charge is 2.03. The molecule has 0 aliphatic rings. The molecule has 0 saturated heterocycles. The van der Waals surface area contributed by atoms with E-state index >= 15 is 0 Å². The van der Waals surface area contributed by atoms with Gasteiger partial charge >= 0.3 is 0 Å². The van der Waals surface area contributed by atoms with E-state index in [9.17, 15) is 0 Å². The fourth-order valence-corrected chi connectivity index (χ4v) is 1.60. The SMILES string of the molecule is CC(O)CCOc1ccc(Br)cc1CN. The molecule has 0 saturated carbocycles. The van der Waals surface area contributed by atoms with Crippen LogP contribution in [-0.2, 0) is 6.54 Å². The van der Waals surface area contributed by atoms with E-state index in [1.54, 1.807) is 6.92 Å². The fourth-order valence-electron chi connectivity index (χ4n) is 1.19. The molecule has 3 nitrogen and oxygen atoms in total. The summed E-state index contributed by atoms with van der Waals surface area (Å²) in [6.45, 7) is 2.70. The summed E-state index contributed by atoms with van der Waals surface area (Å²) in [6.07, 6.45) is 0.293. The van der Waals surface area contributed by atoms with E-state index in [2.05, 4.69) is 15.9 Å². The van der Waals surface area contributed by atoms with Crippen LogP contribution in [0.4, 0.5) is 0 Å². The molecule has 0 aliphatic carbocycles. The molecule has 4 heteroatoms. The van der Waals surface area contributed by atoms with E-state index in [1.165, 1.54) is 0 Å². The number of halogens is 1. The molecule has 1 unspecified atom stereocenters. The van der Waals surface area contributed by atoms with E-state index in [1.807, 2.05) is 18.2 Å². The lowest BCUT2D eigenvalue weighted by molar-refractivity contribution is 0.155. The fraction of sp³-hybridized carbons (Fsp3) is 0.455. The molecule has 1 aromatic carbocycles. The molecule has 0 bridgehead atoms. The number of hydrogen-bond donors (Lipinski definition) is 2. The average molecular weight is 274 g/mol. The lowest BCUT2D eigenvalue weighted by Gasteiger charge is -2.11. The first-order valence-corrected chi connectivity index (χ1v) is 5.72. The summed E-state index contributed by atoms with van der Waals surface area (Å²) in [6, 6.07) is 5.74. The molecular formula is C11H16BrNO2. The molecule has 1 atom stereocenters. The van der Waals surface area contributed by atoms with Gasteiger partial charge in [-0.25, -0.2) is 0 Å². The molecule has 0 amide bonds. The Bertz CT molecular complexity index is 315. The average Bonchev–Trinajstić information content (AvgIpc) is 2.19. The van der Waals surface area contributed by atoms with E-state index in [0.717, 1.165) is 15.8 Å². The minimum absolute atomic E-state index is 0.332. The zero-order valence-electron chi connectivity index (χ0n) is 8.74. The highest BCUT2D eigenvalue weighted by molar-refractivity contribution is 9.10. The third-order valence-electron chi connectivity index (χ3n) is 2.04. The van der Waals surface area contributed by atoms with Gasteiger partial charge in [-0.15, -0.1) is 0 Å². The van der Waals surface area contributed by atoms with Crippen LogP contribution < -0.4 is 10.5 Å². The highest BCUT2D eigenvalue weighted by Crippen LogP contribution is 2.22. The second-order valence-corrected chi connectivity index (χ2v) is 4.36. The van der Waals surface area contributed by atoms with Crippen molar-refractivity contribution in [2.45, 2.75) is 26.0 Å². The Morgan fingerprint density at radius 1 is 1.53 bits per heavy atom. The molecule has 0 spiro atoms. The summed E-state index contributed by atoms with van der Waals surface area (Å²) in [5.74, 6) is 0.793. The van der Waals surface area contributed by atoms with E-state index in [0.29, 0.717) is 19.6 Å². The summed E-state index contributed by atoms with van der Waals surface area (Å²) in [7, 11) is 0. The first kappa shape index (κ1) is 12.5. The second kappa shape index (κ2) is 6.10. The van der Waals surface area contributed by atoms with Crippen molar-refractivity contribution in [1.29, 1.82) is 0 Å². The van der Waals surface area contributed by atoms with Crippen molar-refractivity contribution < 1.29 is 9.84 Å². The molecule has 15 heavy (non-hydrogen) atoms. The van der Waals surface area contributed by atoms with Gasteiger partial charge in [0.05, 0.1) is 12.7 Å². The van der Waals surface area contributed by atoms with Gasteiger partial charge in [0.25, 0.3) is 0 Å². The van der Waals surface area contributed by atoms with Gasteiger partial charge in [-0.1, -0.05) is 15.9 Å². The first-order valence-electron chi connectivity index (χ1n) is 4.93. The van der Waals surface area contributed by atoms with Crippen LogP contribution in [0.3, 0.4) is 0 Å². The topological polar surface area (TPSA) is 55.5 Å². The number of hydrogen-bond acceptors (Lipinski definition) is 3. The Kier molecular flexibility index (Phi) is 5.08. The summed E-state index contributed by atoms with van der Waals surface area (Å²) >= 11 is 3.38. The summed E-state index contributed by atoms with van der Waals surface area (Å²) in [4.78, 5) is 0. The van der Waals surface area contributed by atoms with Crippen LogP contribution in [-0.4, -0.2) is 17.8 Å². The maximum absolute atomic E-state index is 9.09. The minimum atomic E-state index is -0.332.